The van der Waals surface area contributed by atoms with Gasteiger partial charge in [-0.05, 0) is 130 Å². The van der Waals surface area contributed by atoms with E-state index in [-0.39, 0.29) is 17.8 Å². The zero-order valence-corrected chi connectivity index (χ0v) is 36.0. The van der Waals surface area contributed by atoms with Crippen molar-refractivity contribution in [2.24, 2.45) is 4.99 Å². The first kappa shape index (κ1) is 47.4. The van der Waals surface area contributed by atoms with Crippen molar-refractivity contribution < 1.29 is 35.9 Å². The predicted octanol–water partition coefficient (Wildman–Crippen LogP) is 11.1. The number of aliphatic imine (C=N–C) groups is 1. The fourth-order valence-electron chi connectivity index (χ4n) is 7.13. The lowest BCUT2D eigenvalue weighted by Gasteiger charge is -2.25. The van der Waals surface area contributed by atoms with Gasteiger partial charge in [-0.3, -0.25) is 0 Å². The van der Waals surface area contributed by atoms with Crippen LogP contribution in [0.25, 0.3) is 0 Å². The fraction of sp³-hybridized carbons (Fsp3) is 0.318. The van der Waals surface area contributed by atoms with Crippen LogP contribution in [0.4, 0.5) is 42.5 Å². The van der Waals surface area contributed by atoms with Crippen molar-refractivity contribution in [1.29, 1.82) is 0 Å². The first-order valence-electron chi connectivity index (χ1n) is 20.0. The third-order valence-electron chi connectivity index (χ3n) is 10.5. The molecule has 0 saturated carbocycles. The van der Waals surface area contributed by atoms with E-state index in [4.69, 9.17) is 23.2 Å². The van der Waals surface area contributed by atoms with Crippen LogP contribution in [0, 0.1) is 13.8 Å². The summed E-state index contributed by atoms with van der Waals surface area (Å²) in [5.41, 5.74) is 1.16. The van der Waals surface area contributed by atoms with E-state index in [2.05, 4.69) is 40.6 Å². The number of alkyl halides is 6. The van der Waals surface area contributed by atoms with Gasteiger partial charge >= 0.3 is 18.4 Å². The van der Waals surface area contributed by atoms with Crippen LogP contribution in [0.1, 0.15) is 83.3 Å². The van der Waals surface area contributed by atoms with Gasteiger partial charge in [-0.2, -0.15) is 31.3 Å². The van der Waals surface area contributed by atoms with Crippen LogP contribution in [0.3, 0.4) is 0 Å². The van der Waals surface area contributed by atoms with Gasteiger partial charge in [-0.25, -0.2) is 9.59 Å². The molecule has 20 heteroatoms. The van der Waals surface area contributed by atoms with E-state index in [1.54, 1.807) is 4.90 Å². The van der Waals surface area contributed by atoms with Crippen LogP contribution < -0.4 is 10.6 Å². The lowest BCUT2D eigenvalue weighted by Crippen LogP contribution is -2.35. The Bertz CT molecular complexity index is 2520. The van der Waals surface area contributed by atoms with Crippen LogP contribution in [0.15, 0.2) is 102 Å². The number of aryl methyl sites for hydroxylation is 2. The van der Waals surface area contributed by atoms with Crippen LogP contribution >= 0.6 is 23.2 Å². The zero-order valence-electron chi connectivity index (χ0n) is 34.5. The molecule has 2 aliphatic heterocycles. The number of urea groups is 1. The molecule has 2 N–H and O–H groups in total. The van der Waals surface area contributed by atoms with Crippen molar-refractivity contribution in [1.82, 2.24) is 39.7 Å². The maximum absolute atomic E-state index is 12.9. The molecule has 0 bridgehead atoms. The summed E-state index contributed by atoms with van der Waals surface area (Å²) in [6, 6.07) is 23.4. The van der Waals surface area contributed by atoms with E-state index < -0.39 is 23.5 Å². The van der Waals surface area contributed by atoms with Crippen molar-refractivity contribution >= 4 is 46.7 Å². The molecule has 2 fully saturated rings. The first-order valence-corrected chi connectivity index (χ1v) is 20.8. The van der Waals surface area contributed by atoms with E-state index in [0.29, 0.717) is 35.7 Å². The van der Waals surface area contributed by atoms with Gasteiger partial charge in [-0.1, -0.05) is 47.5 Å². The summed E-state index contributed by atoms with van der Waals surface area (Å²) in [7, 11) is 0. The summed E-state index contributed by atoms with van der Waals surface area (Å²) < 4.78 is 78.4. The Morgan fingerprint density at radius 2 is 1.22 bits per heavy atom. The number of anilines is 1. The number of aromatic nitrogens is 6. The highest BCUT2D eigenvalue weighted by atomic mass is 35.5. The summed E-state index contributed by atoms with van der Waals surface area (Å²) >= 11 is 11.9. The Morgan fingerprint density at radius 1 is 0.719 bits per heavy atom. The lowest BCUT2D eigenvalue weighted by molar-refractivity contribution is -0.138. The normalized spacial score (nSPS) is 16.0. The summed E-state index contributed by atoms with van der Waals surface area (Å²) in [4.78, 5) is 27.5. The van der Waals surface area contributed by atoms with Crippen molar-refractivity contribution in [3.8, 4) is 0 Å². The van der Waals surface area contributed by atoms with Gasteiger partial charge in [0.1, 0.15) is 11.6 Å². The third-order valence-corrected chi connectivity index (χ3v) is 11.0. The average Bonchev–Trinajstić information content (AvgIpc) is 4.09. The number of carbonyl (C=O) groups excluding carboxylic acids is 2. The van der Waals surface area contributed by atoms with Crippen molar-refractivity contribution in [3.63, 3.8) is 0 Å². The monoisotopic (exact) mass is 926 g/mol. The molecule has 2 saturated heterocycles. The largest absolute Gasteiger partial charge is 0.416 e. The predicted molar refractivity (Wildman–Crippen MR) is 229 cm³/mol. The summed E-state index contributed by atoms with van der Waals surface area (Å²) in [6.07, 6.45) is -3.69. The molecule has 6 aromatic rings. The van der Waals surface area contributed by atoms with E-state index >= 15 is 0 Å². The standard InChI is InChI=1S/C22H21ClF3N5O.C14H17ClN4.C8H4F3NO/c1-14-28-29-20(31(14)13-15-4-8-17(23)9-5-15)19-3-2-12-30(19)21(32)27-18-10-6-16(7-11-18)22(24,25)26;1-10-17-18-14(13-3-2-8-16-13)19(10)9-11-4-6-12(15)7-5-11;9-8(10,11)6-1-3-7(4-2-6)12-5-13/h4-11,19H,2-3,12-13H2,1H3,(H,27,32);4-7,13,16H,2-3,8-9H2,1H3;1-4H/t19-;13-;/m11./s1. The minimum Gasteiger partial charge on any atom is -0.314 e. The van der Waals surface area contributed by atoms with Crippen molar-refractivity contribution in [3.05, 3.63) is 153 Å². The van der Waals surface area contributed by atoms with Gasteiger partial charge < -0.3 is 24.7 Å². The molecule has 4 heterocycles. The highest BCUT2D eigenvalue weighted by Gasteiger charge is 2.35. The molecule has 4 aromatic carbocycles. The van der Waals surface area contributed by atoms with Gasteiger partial charge in [0.15, 0.2) is 11.6 Å². The Labute approximate surface area is 374 Å². The Kier molecular flexibility index (Phi) is 15.6. The Balaban J connectivity index is 0.000000179. The smallest absolute Gasteiger partial charge is 0.314 e. The highest BCUT2D eigenvalue weighted by Crippen LogP contribution is 2.34. The number of halogens is 8. The molecule has 64 heavy (non-hydrogen) atoms. The third kappa shape index (κ3) is 12.6. The first-order chi connectivity index (χ1) is 30.5. The molecule has 336 valence electrons. The molecule has 2 atom stereocenters. The summed E-state index contributed by atoms with van der Waals surface area (Å²) in [6.45, 7) is 6.77. The number of likely N-dealkylation sites (tertiary alicyclic amines) is 1. The SMILES string of the molecule is Cc1nnc([C@H]2CCCN2)n1Cc1ccc(Cl)cc1.Cc1nnc([C@H]2CCCN2C(=O)Nc2ccc(C(F)(F)F)cc2)n1Cc1ccc(Cl)cc1.O=C=Nc1ccc(C(F)(F)F)cc1. The lowest BCUT2D eigenvalue weighted by atomic mass is 10.2. The maximum Gasteiger partial charge on any atom is 0.416 e. The molecule has 8 rings (SSSR count). The molecule has 12 nitrogen and oxygen atoms in total. The zero-order chi connectivity index (χ0) is 46.0. The number of hydrogen-bond acceptors (Lipinski definition) is 8. The molecule has 0 spiro atoms. The second kappa shape index (κ2) is 21.1. The molecule has 2 aliphatic rings. The van der Waals surface area contributed by atoms with Crippen LogP contribution in [-0.4, -0.2) is 59.6 Å². The van der Waals surface area contributed by atoms with Crippen LogP contribution in [0.5, 0.6) is 0 Å². The number of rotatable bonds is 8. The molecule has 0 unspecified atom stereocenters. The fourth-order valence-corrected chi connectivity index (χ4v) is 7.39. The molecule has 2 aromatic heterocycles. The van der Waals surface area contributed by atoms with Gasteiger partial charge in [0.25, 0.3) is 0 Å². The number of carbonyl (C=O) groups is 1. The second-order valence-corrected chi connectivity index (χ2v) is 15.8. The van der Waals surface area contributed by atoms with E-state index in [9.17, 15) is 35.9 Å². The van der Waals surface area contributed by atoms with E-state index in [1.807, 2.05) is 66.9 Å². The number of amides is 2. The van der Waals surface area contributed by atoms with E-state index in [1.165, 1.54) is 30.2 Å². The van der Waals surface area contributed by atoms with Crippen molar-refractivity contribution in [2.75, 3.05) is 18.4 Å². The Morgan fingerprint density at radius 3 is 1.70 bits per heavy atom. The maximum atomic E-state index is 12.9. The highest BCUT2D eigenvalue weighted by molar-refractivity contribution is 6.30. The molecular formula is C44H42Cl2F6N10O2. The second-order valence-electron chi connectivity index (χ2n) is 14.9. The number of nitrogens with one attached hydrogen (secondary N) is 2. The average molecular weight is 928 g/mol. The minimum atomic E-state index is -4.42. The number of nitrogens with zero attached hydrogens (tertiary/aromatic N) is 8. The van der Waals surface area contributed by atoms with Crippen molar-refractivity contribution in [2.45, 2.75) is 77.1 Å². The number of benzene rings is 4. The van der Waals surface area contributed by atoms with Gasteiger partial charge in [0.2, 0.25) is 6.08 Å². The summed E-state index contributed by atoms with van der Waals surface area (Å²) in [5.74, 6) is 3.41. The summed E-state index contributed by atoms with van der Waals surface area (Å²) in [5, 5.41) is 24.7. The molecule has 0 radical (unpaired) electrons. The van der Waals surface area contributed by atoms with Crippen LogP contribution in [-0.2, 0) is 30.2 Å². The minimum absolute atomic E-state index is 0.156. The quantitative estimate of drug-likeness (QED) is 0.0881. The number of hydrogen-bond donors (Lipinski definition) is 2. The van der Waals surface area contributed by atoms with Gasteiger partial charge in [0, 0.05) is 22.3 Å². The van der Waals surface area contributed by atoms with E-state index in [0.717, 1.165) is 96.8 Å². The van der Waals surface area contributed by atoms with Gasteiger partial charge in [0.05, 0.1) is 42.0 Å². The number of isocyanates is 1. The molecule has 2 amide bonds. The topological polar surface area (TPSA) is 135 Å². The van der Waals surface area contributed by atoms with Gasteiger partial charge in [-0.15, -0.1) is 20.4 Å². The van der Waals surface area contributed by atoms with Crippen LogP contribution in [0.2, 0.25) is 10.0 Å². The molecular weight excluding hydrogens is 885 g/mol. The Hall–Kier alpha value is -6.07. The molecule has 0 aliphatic carbocycles.